The molecule has 0 N–H and O–H groups in total. The summed E-state index contributed by atoms with van der Waals surface area (Å²) in [7, 11) is 0. The summed E-state index contributed by atoms with van der Waals surface area (Å²) < 4.78 is 5.84. The highest BCUT2D eigenvalue weighted by Gasteiger charge is 2.37. The molecule has 0 saturated carbocycles. The molecule has 2 fully saturated rings. The number of imide groups is 1. The standard InChI is InChI=1S/C14H13BrN2O4S/c15-11-4-3-9(21-11)7-10-13(19)17(14(20)22-10)8-12(18)16-5-1-2-6-16/h3-4,7H,1-2,5-6,8H2/b10-7+. The van der Waals surface area contributed by atoms with Crippen LogP contribution >= 0.6 is 27.7 Å². The molecule has 1 aromatic rings. The molecule has 116 valence electrons. The number of nitrogens with zero attached hydrogens (tertiary/aromatic N) is 2. The van der Waals surface area contributed by atoms with Crippen LogP contribution in [0.3, 0.4) is 0 Å². The molecular weight excluding hydrogens is 372 g/mol. The van der Waals surface area contributed by atoms with E-state index in [1.54, 1.807) is 17.0 Å². The maximum atomic E-state index is 12.3. The van der Waals surface area contributed by atoms with E-state index in [9.17, 15) is 14.4 Å². The molecule has 2 aliphatic heterocycles. The summed E-state index contributed by atoms with van der Waals surface area (Å²) in [5.74, 6) is -0.153. The highest BCUT2D eigenvalue weighted by molar-refractivity contribution is 9.10. The van der Waals surface area contributed by atoms with Crippen molar-refractivity contribution in [2.24, 2.45) is 0 Å². The van der Waals surface area contributed by atoms with Gasteiger partial charge in [0.05, 0.1) is 4.91 Å². The molecule has 0 aromatic carbocycles. The minimum Gasteiger partial charge on any atom is -0.450 e. The second-order valence-corrected chi connectivity index (χ2v) is 6.77. The Kier molecular flexibility index (Phi) is 4.39. The number of thioether (sulfide) groups is 1. The largest absolute Gasteiger partial charge is 0.450 e. The van der Waals surface area contributed by atoms with Crippen molar-refractivity contribution in [3.05, 3.63) is 27.5 Å². The van der Waals surface area contributed by atoms with Crippen molar-refractivity contribution in [3.8, 4) is 0 Å². The Bertz CT molecular complexity index is 664. The van der Waals surface area contributed by atoms with Crippen LogP contribution in [0.25, 0.3) is 6.08 Å². The normalized spacial score (nSPS) is 20.5. The molecule has 3 heterocycles. The average Bonchev–Trinajstić information content (AvgIpc) is 3.18. The van der Waals surface area contributed by atoms with Gasteiger partial charge >= 0.3 is 0 Å². The second-order valence-electron chi connectivity index (χ2n) is 5.00. The number of rotatable bonds is 3. The third-order valence-corrected chi connectivity index (χ3v) is 4.83. The second kappa shape index (κ2) is 6.29. The van der Waals surface area contributed by atoms with Gasteiger partial charge in [-0.25, -0.2) is 0 Å². The summed E-state index contributed by atoms with van der Waals surface area (Å²) in [4.78, 5) is 39.3. The lowest BCUT2D eigenvalue weighted by Crippen LogP contribution is -2.40. The van der Waals surface area contributed by atoms with Crippen molar-refractivity contribution in [3.63, 3.8) is 0 Å². The van der Waals surface area contributed by atoms with Crippen LogP contribution in [0.15, 0.2) is 26.1 Å². The summed E-state index contributed by atoms with van der Waals surface area (Å²) in [5, 5.41) is -0.422. The summed E-state index contributed by atoms with van der Waals surface area (Å²) in [5.41, 5.74) is 0. The molecule has 0 bridgehead atoms. The van der Waals surface area contributed by atoms with E-state index in [-0.39, 0.29) is 17.4 Å². The van der Waals surface area contributed by atoms with Crippen LogP contribution in [-0.2, 0) is 9.59 Å². The Balaban J connectivity index is 1.71. The van der Waals surface area contributed by atoms with Gasteiger partial charge in [0.25, 0.3) is 11.1 Å². The van der Waals surface area contributed by atoms with Gasteiger partial charge in [-0.1, -0.05) is 0 Å². The van der Waals surface area contributed by atoms with Crippen molar-refractivity contribution < 1.29 is 18.8 Å². The van der Waals surface area contributed by atoms with Crippen molar-refractivity contribution in [2.45, 2.75) is 12.8 Å². The molecule has 0 radical (unpaired) electrons. The molecule has 2 aliphatic rings. The molecule has 3 amide bonds. The lowest BCUT2D eigenvalue weighted by atomic mass is 10.3. The number of hydrogen-bond donors (Lipinski definition) is 0. The highest BCUT2D eigenvalue weighted by Crippen LogP contribution is 2.32. The smallest absolute Gasteiger partial charge is 0.294 e. The molecular formula is C14H13BrN2O4S. The van der Waals surface area contributed by atoms with Gasteiger partial charge in [0.2, 0.25) is 5.91 Å². The SMILES string of the molecule is O=C(CN1C(=O)S/C(=C/c2ccc(Br)o2)C1=O)N1CCCC1. The number of hydrogen-bond acceptors (Lipinski definition) is 5. The van der Waals surface area contributed by atoms with Crippen LogP contribution < -0.4 is 0 Å². The van der Waals surface area contributed by atoms with E-state index in [2.05, 4.69) is 15.9 Å². The van der Waals surface area contributed by atoms with Crippen molar-refractivity contribution in [1.29, 1.82) is 0 Å². The van der Waals surface area contributed by atoms with E-state index >= 15 is 0 Å². The number of amides is 3. The minimum atomic E-state index is -0.449. The molecule has 0 atom stereocenters. The topological polar surface area (TPSA) is 70.8 Å². The predicted octanol–water partition coefficient (Wildman–Crippen LogP) is 2.70. The first kappa shape index (κ1) is 15.4. The van der Waals surface area contributed by atoms with E-state index in [1.165, 1.54) is 6.08 Å². The lowest BCUT2D eigenvalue weighted by Gasteiger charge is -2.18. The fourth-order valence-electron chi connectivity index (χ4n) is 2.37. The first-order chi connectivity index (χ1) is 10.5. The van der Waals surface area contributed by atoms with Crippen LogP contribution in [0, 0.1) is 0 Å². The molecule has 6 nitrogen and oxygen atoms in total. The monoisotopic (exact) mass is 384 g/mol. The Hall–Kier alpha value is -1.54. The molecule has 0 unspecified atom stereocenters. The Morgan fingerprint density at radius 3 is 2.68 bits per heavy atom. The maximum Gasteiger partial charge on any atom is 0.294 e. The molecule has 8 heteroatoms. The van der Waals surface area contributed by atoms with Crippen LogP contribution in [0.2, 0.25) is 0 Å². The van der Waals surface area contributed by atoms with Crippen molar-refractivity contribution >= 4 is 50.8 Å². The maximum absolute atomic E-state index is 12.3. The van der Waals surface area contributed by atoms with Gasteiger partial charge in [0.1, 0.15) is 12.3 Å². The minimum absolute atomic E-state index is 0.179. The van der Waals surface area contributed by atoms with E-state index in [0.717, 1.165) is 29.5 Å². The van der Waals surface area contributed by atoms with Crippen LogP contribution in [-0.4, -0.2) is 46.5 Å². The fourth-order valence-corrected chi connectivity index (χ4v) is 3.51. The number of furan rings is 1. The molecule has 0 aliphatic carbocycles. The van der Waals surface area contributed by atoms with Gasteiger partial charge in [-0.3, -0.25) is 19.3 Å². The van der Waals surface area contributed by atoms with Gasteiger partial charge in [-0.05, 0) is 52.7 Å². The van der Waals surface area contributed by atoms with E-state index in [4.69, 9.17) is 4.42 Å². The summed E-state index contributed by atoms with van der Waals surface area (Å²) in [6.45, 7) is 1.21. The molecule has 2 saturated heterocycles. The number of halogens is 1. The zero-order chi connectivity index (χ0) is 15.7. The molecule has 22 heavy (non-hydrogen) atoms. The third-order valence-electron chi connectivity index (χ3n) is 3.49. The molecule has 0 spiro atoms. The fraction of sp³-hybridized carbons (Fsp3) is 0.357. The molecule has 3 rings (SSSR count). The Morgan fingerprint density at radius 2 is 2.05 bits per heavy atom. The summed E-state index contributed by atoms with van der Waals surface area (Å²) in [6, 6.07) is 3.39. The van der Waals surface area contributed by atoms with Gasteiger partial charge in [-0.15, -0.1) is 0 Å². The zero-order valence-corrected chi connectivity index (χ0v) is 14.0. The van der Waals surface area contributed by atoms with E-state index in [1.807, 2.05) is 0 Å². The number of carbonyl (C=O) groups is 3. The van der Waals surface area contributed by atoms with Crippen LogP contribution in [0.1, 0.15) is 18.6 Å². The molecule has 1 aromatic heterocycles. The van der Waals surface area contributed by atoms with Gasteiger partial charge in [-0.2, -0.15) is 0 Å². The number of carbonyl (C=O) groups excluding carboxylic acids is 3. The zero-order valence-electron chi connectivity index (χ0n) is 11.6. The summed E-state index contributed by atoms with van der Waals surface area (Å²) in [6.07, 6.45) is 3.46. The van der Waals surface area contributed by atoms with Crippen molar-refractivity contribution in [2.75, 3.05) is 19.6 Å². The van der Waals surface area contributed by atoms with Gasteiger partial charge < -0.3 is 9.32 Å². The quantitative estimate of drug-likeness (QED) is 0.749. The van der Waals surface area contributed by atoms with Crippen LogP contribution in [0.4, 0.5) is 4.79 Å². The first-order valence-corrected chi connectivity index (χ1v) is 8.44. The summed E-state index contributed by atoms with van der Waals surface area (Å²) >= 11 is 4.00. The van der Waals surface area contributed by atoms with Gasteiger partial charge in [0.15, 0.2) is 4.67 Å². The highest BCUT2D eigenvalue weighted by atomic mass is 79.9. The van der Waals surface area contributed by atoms with E-state index in [0.29, 0.717) is 23.5 Å². The van der Waals surface area contributed by atoms with Crippen LogP contribution in [0.5, 0.6) is 0 Å². The Labute approximate surface area is 139 Å². The predicted molar refractivity (Wildman–Crippen MR) is 84.9 cm³/mol. The first-order valence-electron chi connectivity index (χ1n) is 6.83. The Morgan fingerprint density at radius 1 is 1.32 bits per heavy atom. The van der Waals surface area contributed by atoms with E-state index < -0.39 is 11.1 Å². The third kappa shape index (κ3) is 3.12. The lowest BCUT2D eigenvalue weighted by molar-refractivity contribution is -0.135. The van der Waals surface area contributed by atoms with Crippen molar-refractivity contribution in [1.82, 2.24) is 9.80 Å². The van der Waals surface area contributed by atoms with Gasteiger partial charge in [0, 0.05) is 19.2 Å². The number of likely N-dealkylation sites (tertiary alicyclic amines) is 1. The average molecular weight is 385 g/mol.